The Morgan fingerprint density at radius 2 is 1.84 bits per heavy atom. The molecule has 1 saturated heterocycles. The van der Waals surface area contributed by atoms with E-state index in [9.17, 15) is 9.59 Å². The van der Waals surface area contributed by atoms with E-state index in [0.29, 0.717) is 17.4 Å². The molecule has 0 saturated carbocycles. The summed E-state index contributed by atoms with van der Waals surface area (Å²) in [6.07, 6.45) is 0.832. The Balaban J connectivity index is 1.23. The van der Waals surface area contributed by atoms with Crippen LogP contribution in [0.25, 0.3) is 10.9 Å². The molecule has 1 aliphatic heterocycles. The lowest BCUT2D eigenvalue weighted by Gasteiger charge is -2.36. The van der Waals surface area contributed by atoms with Gasteiger partial charge in [-0.2, -0.15) is 0 Å². The Bertz CT molecular complexity index is 1110. The SMILES string of the molecule is COc1ccccc1N1CCN(CCCNC(=O)c2nc3ccccc3c(=O)[nH]2)CC1. The summed E-state index contributed by atoms with van der Waals surface area (Å²) in [7, 11) is 1.70. The fourth-order valence-electron chi connectivity index (χ4n) is 3.89. The Morgan fingerprint density at radius 3 is 2.65 bits per heavy atom. The van der Waals surface area contributed by atoms with Gasteiger partial charge in [0.15, 0.2) is 5.82 Å². The van der Waals surface area contributed by atoms with Gasteiger partial charge < -0.3 is 19.9 Å². The molecular formula is C23H27N5O3. The van der Waals surface area contributed by atoms with Crippen molar-refractivity contribution < 1.29 is 9.53 Å². The number of anilines is 1. The molecular weight excluding hydrogens is 394 g/mol. The third-order valence-electron chi connectivity index (χ3n) is 5.56. The van der Waals surface area contributed by atoms with E-state index in [0.717, 1.165) is 50.6 Å². The molecule has 31 heavy (non-hydrogen) atoms. The molecule has 0 unspecified atom stereocenters. The zero-order chi connectivity index (χ0) is 21.6. The van der Waals surface area contributed by atoms with Gasteiger partial charge in [-0.3, -0.25) is 14.5 Å². The van der Waals surface area contributed by atoms with Crippen LogP contribution in [0.5, 0.6) is 5.75 Å². The van der Waals surface area contributed by atoms with Crippen molar-refractivity contribution >= 4 is 22.5 Å². The number of aromatic amines is 1. The number of carbonyl (C=O) groups excluding carboxylic acids is 1. The lowest BCUT2D eigenvalue weighted by Crippen LogP contribution is -2.47. The average molecular weight is 422 g/mol. The highest BCUT2D eigenvalue weighted by molar-refractivity contribution is 5.92. The summed E-state index contributed by atoms with van der Waals surface area (Å²) in [5.74, 6) is 0.594. The number of para-hydroxylation sites is 3. The normalized spacial score (nSPS) is 14.5. The summed E-state index contributed by atoms with van der Waals surface area (Å²) < 4.78 is 5.47. The first-order valence-electron chi connectivity index (χ1n) is 10.5. The largest absolute Gasteiger partial charge is 0.495 e. The number of nitrogens with zero attached hydrogens (tertiary/aromatic N) is 3. The van der Waals surface area contributed by atoms with Crippen LogP contribution in [0.15, 0.2) is 53.3 Å². The summed E-state index contributed by atoms with van der Waals surface area (Å²) in [6.45, 7) is 5.24. The first kappa shape index (κ1) is 20.9. The highest BCUT2D eigenvalue weighted by Crippen LogP contribution is 2.28. The van der Waals surface area contributed by atoms with Gasteiger partial charge in [0, 0.05) is 32.7 Å². The molecule has 3 aromatic rings. The fourth-order valence-corrected chi connectivity index (χ4v) is 3.89. The maximum absolute atomic E-state index is 12.4. The van der Waals surface area contributed by atoms with Gasteiger partial charge >= 0.3 is 0 Å². The molecule has 8 nitrogen and oxygen atoms in total. The number of hydrogen-bond donors (Lipinski definition) is 2. The Hall–Kier alpha value is -3.39. The second-order valence-electron chi connectivity index (χ2n) is 7.54. The average Bonchev–Trinajstić information content (AvgIpc) is 2.82. The number of rotatable bonds is 7. The number of H-pyrrole nitrogens is 1. The van der Waals surface area contributed by atoms with E-state index in [2.05, 4.69) is 31.2 Å². The lowest BCUT2D eigenvalue weighted by molar-refractivity contribution is 0.0941. The van der Waals surface area contributed by atoms with E-state index in [1.54, 1.807) is 31.4 Å². The number of hydrogen-bond acceptors (Lipinski definition) is 6. The minimum Gasteiger partial charge on any atom is -0.495 e. The summed E-state index contributed by atoms with van der Waals surface area (Å²) in [5, 5.41) is 3.33. The van der Waals surface area contributed by atoms with E-state index in [-0.39, 0.29) is 17.3 Å². The maximum atomic E-state index is 12.4. The second kappa shape index (κ2) is 9.61. The van der Waals surface area contributed by atoms with Gasteiger partial charge in [-0.15, -0.1) is 0 Å². The number of piperazine rings is 1. The predicted molar refractivity (Wildman–Crippen MR) is 121 cm³/mol. The highest BCUT2D eigenvalue weighted by Gasteiger charge is 2.19. The third-order valence-corrected chi connectivity index (χ3v) is 5.56. The molecule has 2 N–H and O–H groups in total. The zero-order valence-electron chi connectivity index (χ0n) is 17.6. The van der Waals surface area contributed by atoms with Crippen LogP contribution in [0.3, 0.4) is 0 Å². The third kappa shape index (κ3) is 4.86. The topological polar surface area (TPSA) is 90.6 Å². The second-order valence-corrected chi connectivity index (χ2v) is 7.54. The van der Waals surface area contributed by atoms with Crippen LogP contribution in [0, 0.1) is 0 Å². The van der Waals surface area contributed by atoms with Crippen molar-refractivity contribution in [1.29, 1.82) is 0 Å². The van der Waals surface area contributed by atoms with Gasteiger partial charge in [0.1, 0.15) is 5.75 Å². The molecule has 0 spiro atoms. The number of amides is 1. The molecule has 0 radical (unpaired) electrons. The van der Waals surface area contributed by atoms with E-state index in [1.165, 1.54) is 0 Å². The van der Waals surface area contributed by atoms with Crippen LogP contribution < -0.4 is 20.5 Å². The minimum atomic E-state index is -0.358. The number of benzene rings is 2. The van der Waals surface area contributed by atoms with Crippen molar-refractivity contribution in [2.24, 2.45) is 0 Å². The van der Waals surface area contributed by atoms with Crippen molar-refractivity contribution in [2.75, 3.05) is 51.3 Å². The molecule has 8 heteroatoms. The number of nitrogens with one attached hydrogen (secondary N) is 2. The Morgan fingerprint density at radius 1 is 1.10 bits per heavy atom. The van der Waals surface area contributed by atoms with E-state index in [4.69, 9.17) is 4.74 Å². The van der Waals surface area contributed by atoms with E-state index in [1.807, 2.05) is 18.2 Å². The van der Waals surface area contributed by atoms with Crippen molar-refractivity contribution in [3.05, 3.63) is 64.7 Å². The molecule has 2 heterocycles. The van der Waals surface area contributed by atoms with Crippen LogP contribution >= 0.6 is 0 Å². The molecule has 1 aliphatic rings. The maximum Gasteiger partial charge on any atom is 0.287 e. The number of ether oxygens (including phenoxy) is 1. The van der Waals surface area contributed by atoms with Gasteiger partial charge in [-0.25, -0.2) is 4.98 Å². The Kier molecular flexibility index (Phi) is 6.47. The van der Waals surface area contributed by atoms with Crippen LogP contribution in [0.2, 0.25) is 0 Å². The van der Waals surface area contributed by atoms with E-state index >= 15 is 0 Å². The number of aromatic nitrogens is 2. The van der Waals surface area contributed by atoms with Gasteiger partial charge in [-0.05, 0) is 37.2 Å². The molecule has 4 rings (SSSR count). The van der Waals surface area contributed by atoms with Gasteiger partial charge in [0.05, 0.1) is 23.7 Å². The van der Waals surface area contributed by atoms with Crippen LogP contribution in [0.4, 0.5) is 5.69 Å². The molecule has 2 aromatic carbocycles. The quantitative estimate of drug-likeness (QED) is 0.566. The lowest BCUT2D eigenvalue weighted by atomic mass is 10.2. The van der Waals surface area contributed by atoms with Crippen LogP contribution in [0.1, 0.15) is 17.0 Å². The number of fused-ring (bicyclic) bond motifs is 1. The molecule has 162 valence electrons. The monoisotopic (exact) mass is 421 g/mol. The van der Waals surface area contributed by atoms with Crippen LogP contribution in [-0.4, -0.2) is 67.2 Å². The predicted octanol–water partition coefficient (Wildman–Crippen LogP) is 1.87. The Labute approximate surface area is 180 Å². The summed E-state index contributed by atoms with van der Waals surface area (Å²) in [4.78, 5) is 36.1. The standard InChI is InChI=1S/C23H27N5O3/c1-31-20-10-5-4-9-19(20)28-15-13-27(14-16-28)12-6-11-24-23(30)21-25-18-8-3-2-7-17(18)22(29)26-21/h2-5,7-10H,6,11-16H2,1H3,(H,24,30)(H,25,26,29). The van der Waals surface area contributed by atoms with Gasteiger partial charge in [0.25, 0.3) is 11.5 Å². The fraction of sp³-hybridized carbons (Fsp3) is 0.348. The molecule has 1 fully saturated rings. The molecule has 1 amide bonds. The van der Waals surface area contributed by atoms with Crippen molar-refractivity contribution in [3.63, 3.8) is 0 Å². The highest BCUT2D eigenvalue weighted by atomic mass is 16.5. The minimum absolute atomic E-state index is 0.0501. The number of methoxy groups -OCH3 is 1. The van der Waals surface area contributed by atoms with E-state index < -0.39 is 0 Å². The summed E-state index contributed by atoms with van der Waals surface area (Å²) in [5.41, 5.74) is 1.35. The molecule has 0 bridgehead atoms. The van der Waals surface area contributed by atoms with Gasteiger partial charge in [-0.1, -0.05) is 24.3 Å². The summed E-state index contributed by atoms with van der Waals surface area (Å²) in [6, 6.07) is 15.1. The first-order chi connectivity index (χ1) is 15.2. The van der Waals surface area contributed by atoms with Crippen molar-refractivity contribution in [1.82, 2.24) is 20.2 Å². The van der Waals surface area contributed by atoms with Crippen molar-refractivity contribution in [3.8, 4) is 5.75 Å². The first-order valence-corrected chi connectivity index (χ1v) is 10.5. The zero-order valence-corrected chi connectivity index (χ0v) is 17.6. The molecule has 0 atom stereocenters. The number of carbonyl (C=O) groups is 1. The summed E-state index contributed by atoms with van der Waals surface area (Å²) >= 11 is 0. The smallest absolute Gasteiger partial charge is 0.287 e. The van der Waals surface area contributed by atoms with Crippen molar-refractivity contribution in [2.45, 2.75) is 6.42 Å². The van der Waals surface area contributed by atoms with Gasteiger partial charge in [0.2, 0.25) is 0 Å². The molecule has 0 aliphatic carbocycles. The molecule has 1 aromatic heterocycles. The van der Waals surface area contributed by atoms with Crippen LogP contribution in [-0.2, 0) is 0 Å².